The number of imide groups is 1. The number of morpholine rings is 1. The van der Waals surface area contributed by atoms with E-state index in [2.05, 4.69) is 10.2 Å². The molecular formula is C12H21N3O3. The van der Waals surface area contributed by atoms with Crippen LogP contribution in [-0.2, 0) is 14.3 Å². The molecule has 18 heavy (non-hydrogen) atoms. The van der Waals surface area contributed by atoms with Crippen LogP contribution in [-0.4, -0.2) is 73.6 Å². The third-order valence-electron chi connectivity index (χ3n) is 3.52. The van der Waals surface area contributed by atoms with Crippen molar-refractivity contribution in [2.75, 3.05) is 45.9 Å². The summed E-state index contributed by atoms with van der Waals surface area (Å²) in [5.41, 5.74) is 0. The van der Waals surface area contributed by atoms with Gasteiger partial charge in [-0.25, -0.2) is 0 Å². The molecule has 1 unspecified atom stereocenters. The first-order valence-corrected chi connectivity index (χ1v) is 6.60. The molecule has 0 aromatic heterocycles. The molecule has 1 N–H and O–H groups in total. The molecule has 0 bridgehead atoms. The van der Waals surface area contributed by atoms with E-state index < -0.39 is 0 Å². The number of amides is 2. The van der Waals surface area contributed by atoms with E-state index in [1.165, 1.54) is 4.90 Å². The van der Waals surface area contributed by atoms with Gasteiger partial charge < -0.3 is 4.74 Å². The Balaban J connectivity index is 1.85. The summed E-state index contributed by atoms with van der Waals surface area (Å²) < 4.78 is 5.27. The summed E-state index contributed by atoms with van der Waals surface area (Å²) in [6, 6.07) is -0.201. The van der Waals surface area contributed by atoms with Crippen LogP contribution in [0.1, 0.15) is 13.3 Å². The molecule has 0 aliphatic carbocycles. The van der Waals surface area contributed by atoms with Gasteiger partial charge in [0.15, 0.2) is 0 Å². The molecule has 6 nitrogen and oxygen atoms in total. The van der Waals surface area contributed by atoms with Gasteiger partial charge in [0.05, 0.1) is 25.8 Å². The lowest BCUT2D eigenvalue weighted by Crippen LogP contribution is -2.59. The Morgan fingerprint density at radius 2 is 2.00 bits per heavy atom. The fourth-order valence-electron chi connectivity index (χ4n) is 2.32. The molecule has 0 aromatic carbocycles. The molecule has 2 heterocycles. The summed E-state index contributed by atoms with van der Waals surface area (Å²) in [6.07, 6.45) is 0.722. The highest BCUT2D eigenvalue weighted by atomic mass is 16.5. The number of hydrogen-bond acceptors (Lipinski definition) is 5. The summed E-state index contributed by atoms with van der Waals surface area (Å²) in [6.45, 7) is 6.70. The molecule has 0 spiro atoms. The highest BCUT2D eigenvalue weighted by Crippen LogP contribution is 2.06. The Morgan fingerprint density at radius 1 is 1.28 bits per heavy atom. The van der Waals surface area contributed by atoms with Crippen molar-refractivity contribution in [3.05, 3.63) is 0 Å². The van der Waals surface area contributed by atoms with Crippen molar-refractivity contribution in [1.82, 2.24) is 15.1 Å². The molecule has 102 valence electrons. The third kappa shape index (κ3) is 3.07. The fourth-order valence-corrected chi connectivity index (χ4v) is 2.32. The maximum absolute atomic E-state index is 12.0. The van der Waals surface area contributed by atoms with Crippen LogP contribution < -0.4 is 5.32 Å². The second-order valence-electron chi connectivity index (χ2n) is 4.68. The van der Waals surface area contributed by atoms with Crippen LogP contribution in [0.25, 0.3) is 0 Å². The summed E-state index contributed by atoms with van der Waals surface area (Å²) in [4.78, 5) is 27.4. The molecule has 1 atom stereocenters. The summed E-state index contributed by atoms with van der Waals surface area (Å²) >= 11 is 0. The second-order valence-corrected chi connectivity index (χ2v) is 4.68. The number of rotatable bonds is 4. The number of hydrogen-bond donors (Lipinski definition) is 1. The van der Waals surface area contributed by atoms with Crippen LogP contribution in [0.4, 0.5) is 0 Å². The molecule has 2 fully saturated rings. The normalized spacial score (nSPS) is 26.7. The first kappa shape index (κ1) is 13.5. The van der Waals surface area contributed by atoms with E-state index in [0.29, 0.717) is 6.54 Å². The number of carbonyl (C=O) groups is 2. The van der Waals surface area contributed by atoms with E-state index in [9.17, 15) is 9.59 Å². The van der Waals surface area contributed by atoms with Gasteiger partial charge in [0, 0.05) is 26.2 Å². The van der Waals surface area contributed by atoms with Gasteiger partial charge in [0.1, 0.15) is 0 Å². The summed E-state index contributed by atoms with van der Waals surface area (Å²) in [5, 5.41) is 2.96. The number of nitrogens with zero attached hydrogens (tertiary/aromatic N) is 2. The van der Waals surface area contributed by atoms with E-state index in [1.54, 1.807) is 0 Å². The van der Waals surface area contributed by atoms with Crippen LogP contribution in [0.2, 0.25) is 0 Å². The molecule has 2 aliphatic rings. The van der Waals surface area contributed by atoms with E-state index in [1.807, 2.05) is 6.92 Å². The monoisotopic (exact) mass is 255 g/mol. The lowest BCUT2D eigenvalue weighted by Gasteiger charge is -2.33. The lowest BCUT2D eigenvalue weighted by molar-refractivity contribution is -0.149. The molecule has 2 aliphatic heterocycles. The van der Waals surface area contributed by atoms with Gasteiger partial charge in [-0.1, -0.05) is 6.92 Å². The van der Waals surface area contributed by atoms with Crippen molar-refractivity contribution in [3.63, 3.8) is 0 Å². The van der Waals surface area contributed by atoms with Crippen molar-refractivity contribution in [2.24, 2.45) is 0 Å². The fraction of sp³-hybridized carbons (Fsp3) is 0.833. The van der Waals surface area contributed by atoms with E-state index >= 15 is 0 Å². The Labute approximate surface area is 107 Å². The van der Waals surface area contributed by atoms with E-state index in [0.717, 1.165) is 39.3 Å². The van der Waals surface area contributed by atoms with Crippen LogP contribution in [0.15, 0.2) is 0 Å². The largest absolute Gasteiger partial charge is 0.379 e. The molecule has 0 aromatic rings. The van der Waals surface area contributed by atoms with Gasteiger partial charge in [-0.15, -0.1) is 0 Å². The standard InChI is InChI=1S/C12H21N3O3/c1-2-10-12(17)15(11(16)9-13-10)4-3-14-5-7-18-8-6-14/h10,13H,2-9H2,1H3. The Bertz CT molecular complexity index is 316. The van der Waals surface area contributed by atoms with Crippen LogP contribution in [0.5, 0.6) is 0 Å². The maximum Gasteiger partial charge on any atom is 0.246 e. The number of ether oxygens (including phenoxy) is 1. The van der Waals surface area contributed by atoms with Crippen molar-refractivity contribution in [1.29, 1.82) is 0 Å². The lowest BCUT2D eigenvalue weighted by atomic mass is 10.1. The van der Waals surface area contributed by atoms with Gasteiger partial charge in [0.25, 0.3) is 0 Å². The van der Waals surface area contributed by atoms with E-state index in [-0.39, 0.29) is 24.4 Å². The van der Waals surface area contributed by atoms with Gasteiger partial charge in [-0.3, -0.25) is 24.7 Å². The minimum Gasteiger partial charge on any atom is -0.379 e. The molecule has 6 heteroatoms. The highest BCUT2D eigenvalue weighted by Gasteiger charge is 2.32. The van der Waals surface area contributed by atoms with E-state index in [4.69, 9.17) is 4.74 Å². The maximum atomic E-state index is 12.0. The van der Waals surface area contributed by atoms with Crippen molar-refractivity contribution < 1.29 is 14.3 Å². The Kier molecular flexibility index (Phi) is 4.68. The van der Waals surface area contributed by atoms with Crippen LogP contribution in [0, 0.1) is 0 Å². The summed E-state index contributed by atoms with van der Waals surface area (Å²) in [7, 11) is 0. The second kappa shape index (κ2) is 6.26. The van der Waals surface area contributed by atoms with Crippen LogP contribution in [0.3, 0.4) is 0 Å². The predicted octanol–water partition coefficient (Wildman–Crippen LogP) is -0.944. The minimum absolute atomic E-state index is 0.0815. The smallest absolute Gasteiger partial charge is 0.246 e. The third-order valence-corrected chi connectivity index (χ3v) is 3.52. The van der Waals surface area contributed by atoms with Crippen molar-refractivity contribution in [2.45, 2.75) is 19.4 Å². The zero-order chi connectivity index (χ0) is 13.0. The van der Waals surface area contributed by atoms with Gasteiger partial charge in [-0.05, 0) is 6.42 Å². The topological polar surface area (TPSA) is 61.9 Å². The predicted molar refractivity (Wildman–Crippen MR) is 66.1 cm³/mol. The molecule has 0 saturated carbocycles. The zero-order valence-corrected chi connectivity index (χ0v) is 10.9. The van der Waals surface area contributed by atoms with Crippen molar-refractivity contribution >= 4 is 11.8 Å². The summed E-state index contributed by atoms with van der Waals surface area (Å²) in [5.74, 6) is -0.194. The van der Waals surface area contributed by atoms with Gasteiger partial charge >= 0.3 is 0 Å². The Morgan fingerprint density at radius 3 is 2.67 bits per heavy atom. The van der Waals surface area contributed by atoms with Gasteiger partial charge in [0.2, 0.25) is 11.8 Å². The first-order valence-electron chi connectivity index (χ1n) is 6.60. The molecule has 2 amide bonds. The quantitative estimate of drug-likeness (QED) is 0.657. The number of piperazine rings is 1. The first-order chi connectivity index (χ1) is 8.72. The average molecular weight is 255 g/mol. The Hall–Kier alpha value is -0.980. The molecule has 2 saturated heterocycles. The zero-order valence-electron chi connectivity index (χ0n) is 10.9. The molecule has 0 radical (unpaired) electrons. The SMILES string of the molecule is CCC1NCC(=O)N(CCN2CCOCC2)C1=O. The minimum atomic E-state index is -0.201. The average Bonchev–Trinajstić information content (AvgIpc) is 2.40. The highest BCUT2D eigenvalue weighted by molar-refractivity contribution is 6.01. The van der Waals surface area contributed by atoms with Crippen LogP contribution >= 0.6 is 0 Å². The van der Waals surface area contributed by atoms with Gasteiger partial charge in [-0.2, -0.15) is 0 Å². The molecular weight excluding hydrogens is 234 g/mol. The number of carbonyl (C=O) groups excluding carboxylic acids is 2. The molecule has 2 rings (SSSR count). The number of nitrogens with one attached hydrogen (secondary N) is 1. The van der Waals surface area contributed by atoms with Crippen molar-refractivity contribution in [3.8, 4) is 0 Å².